The summed E-state index contributed by atoms with van der Waals surface area (Å²) in [6.45, 7) is 6.52. The Hall–Kier alpha value is -1.58. The lowest BCUT2D eigenvalue weighted by Gasteiger charge is -2.37. The van der Waals surface area contributed by atoms with Gasteiger partial charge < -0.3 is 9.47 Å². The Bertz CT molecular complexity index is 716. The minimum absolute atomic E-state index is 0.0216. The summed E-state index contributed by atoms with van der Waals surface area (Å²) in [5.74, 6) is 1.28. The molecule has 2 saturated carbocycles. The van der Waals surface area contributed by atoms with Crippen molar-refractivity contribution < 1.29 is 18.3 Å². The lowest BCUT2D eigenvalue weighted by Crippen LogP contribution is -2.27. The number of fused-ring (bicyclic) bond motifs is 1. The van der Waals surface area contributed by atoms with Crippen LogP contribution in [0.2, 0.25) is 0 Å². The van der Waals surface area contributed by atoms with E-state index in [0.29, 0.717) is 24.5 Å². The van der Waals surface area contributed by atoms with Crippen LogP contribution in [0.25, 0.3) is 0 Å². The first-order valence-corrected chi connectivity index (χ1v) is 11.5. The first-order chi connectivity index (χ1) is 14.0. The summed E-state index contributed by atoms with van der Waals surface area (Å²) in [5.41, 5.74) is 0.687. The molecule has 0 N–H and O–H groups in total. The highest BCUT2D eigenvalue weighted by Crippen LogP contribution is 2.42. The summed E-state index contributed by atoms with van der Waals surface area (Å²) in [7, 11) is 0. The number of hydrogen-bond acceptors (Lipinski definition) is 2. The van der Waals surface area contributed by atoms with Gasteiger partial charge in [-0.25, -0.2) is 0 Å². The van der Waals surface area contributed by atoms with E-state index in [-0.39, 0.29) is 17.6 Å². The molecule has 0 spiro atoms. The van der Waals surface area contributed by atoms with Crippen molar-refractivity contribution in [3.8, 4) is 11.5 Å². The molecule has 0 radical (unpaired) electrons. The third kappa shape index (κ3) is 4.62. The zero-order chi connectivity index (χ0) is 20.4. The van der Waals surface area contributed by atoms with Gasteiger partial charge in [0.25, 0.3) is 0 Å². The third-order valence-corrected chi connectivity index (χ3v) is 7.53. The molecule has 1 aromatic carbocycles. The Balaban J connectivity index is 1.31. The fourth-order valence-electron chi connectivity index (χ4n) is 5.52. The van der Waals surface area contributed by atoms with Crippen molar-refractivity contribution in [2.45, 2.75) is 77.2 Å². The molecular formula is C25H34F2O2. The SMILES string of the molecule is C=CC1CCc2cc(OCC3CCC(C4CCC(C)CC4)CC3)c(F)c(F)c2O1. The van der Waals surface area contributed by atoms with Crippen molar-refractivity contribution in [1.29, 1.82) is 0 Å². The van der Waals surface area contributed by atoms with E-state index in [1.54, 1.807) is 12.1 Å². The number of hydrogen-bond donors (Lipinski definition) is 0. The maximum absolute atomic E-state index is 14.5. The molecule has 160 valence electrons. The van der Waals surface area contributed by atoms with Crippen molar-refractivity contribution in [1.82, 2.24) is 0 Å². The first kappa shape index (κ1) is 20.7. The van der Waals surface area contributed by atoms with Crippen molar-refractivity contribution in [2.75, 3.05) is 6.61 Å². The fraction of sp³-hybridized carbons (Fsp3) is 0.680. The standard InChI is InChI=1S/C25H34F2O2/c1-3-21-13-12-20-14-22(23(26)24(27)25(20)29-21)28-15-17-6-10-19(11-7-17)18-8-4-16(2)5-9-18/h3,14,16-19,21H,1,4-13,15H2,2H3. The Labute approximate surface area is 173 Å². The number of benzene rings is 1. The van der Waals surface area contributed by atoms with Crippen LogP contribution in [0.3, 0.4) is 0 Å². The second-order valence-electron chi connectivity index (χ2n) is 9.53. The highest BCUT2D eigenvalue weighted by molar-refractivity contribution is 5.44. The Morgan fingerprint density at radius 2 is 1.66 bits per heavy atom. The summed E-state index contributed by atoms with van der Waals surface area (Å²) in [5, 5.41) is 0. The van der Waals surface area contributed by atoms with Gasteiger partial charge in [0, 0.05) is 5.56 Å². The molecule has 1 aliphatic heterocycles. The second-order valence-corrected chi connectivity index (χ2v) is 9.53. The molecule has 0 saturated heterocycles. The molecule has 4 heteroatoms. The van der Waals surface area contributed by atoms with E-state index in [1.807, 2.05) is 0 Å². The molecule has 0 amide bonds. The van der Waals surface area contributed by atoms with Crippen LogP contribution < -0.4 is 9.47 Å². The quantitative estimate of drug-likeness (QED) is 0.499. The molecule has 0 bridgehead atoms. The minimum atomic E-state index is -0.932. The van der Waals surface area contributed by atoms with Crippen LogP contribution in [-0.2, 0) is 6.42 Å². The van der Waals surface area contributed by atoms with E-state index in [4.69, 9.17) is 9.47 Å². The van der Waals surface area contributed by atoms with Gasteiger partial charge in [0.15, 0.2) is 11.5 Å². The monoisotopic (exact) mass is 404 g/mol. The van der Waals surface area contributed by atoms with E-state index in [1.165, 1.54) is 38.5 Å². The van der Waals surface area contributed by atoms with Crippen molar-refractivity contribution in [2.24, 2.45) is 23.7 Å². The van der Waals surface area contributed by atoms with Crippen LogP contribution in [0.4, 0.5) is 8.78 Å². The predicted octanol–water partition coefficient (Wildman–Crippen LogP) is 6.86. The van der Waals surface area contributed by atoms with E-state index >= 15 is 0 Å². The lowest BCUT2D eigenvalue weighted by atomic mass is 9.69. The topological polar surface area (TPSA) is 18.5 Å². The molecular weight excluding hydrogens is 370 g/mol. The molecule has 0 aromatic heterocycles. The van der Waals surface area contributed by atoms with Gasteiger partial charge in [-0.2, -0.15) is 8.78 Å². The van der Waals surface area contributed by atoms with Crippen LogP contribution in [-0.4, -0.2) is 12.7 Å². The molecule has 1 heterocycles. The molecule has 1 aromatic rings. The van der Waals surface area contributed by atoms with Gasteiger partial charge in [-0.15, -0.1) is 0 Å². The molecule has 2 aliphatic carbocycles. The smallest absolute Gasteiger partial charge is 0.204 e. The molecule has 29 heavy (non-hydrogen) atoms. The number of aryl methyl sites for hydroxylation is 1. The van der Waals surface area contributed by atoms with Crippen LogP contribution in [0.5, 0.6) is 11.5 Å². The van der Waals surface area contributed by atoms with Gasteiger partial charge in [0.1, 0.15) is 6.10 Å². The van der Waals surface area contributed by atoms with Gasteiger partial charge in [-0.05, 0) is 81.1 Å². The average Bonchev–Trinajstić information content (AvgIpc) is 2.76. The zero-order valence-electron chi connectivity index (χ0n) is 17.6. The van der Waals surface area contributed by atoms with Gasteiger partial charge in [-0.3, -0.25) is 0 Å². The Kier molecular flexibility index (Phi) is 6.46. The van der Waals surface area contributed by atoms with E-state index in [9.17, 15) is 8.78 Å². The van der Waals surface area contributed by atoms with Crippen LogP contribution >= 0.6 is 0 Å². The summed E-state index contributed by atoms with van der Waals surface area (Å²) in [4.78, 5) is 0. The normalized spacial score (nSPS) is 32.2. The molecule has 2 fully saturated rings. The van der Waals surface area contributed by atoms with Crippen molar-refractivity contribution in [3.63, 3.8) is 0 Å². The highest BCUT2D eigenvalue weighted by Gasteiger charge is 2.31. The van der Waals surface area contributed by atoms with E-state index in [2.05, 4.69) is 13.5 Å². The van der Waals surface area contributed by atoms with E-state index < -0.39 is 11.6 Å². The number of rotatable bonds is 5. The molecule has 2 nitrogen and oxygen atoms in total. The maximum atomic E-state index is 14.5. The van der Waals surface area contributed by atoms with Gasteiger partial charge >= 0.3 is 0 Å². The number of ether oxygens (including phenoxy) is 2. The Morgan fingerprint density at radius 1 is 1.00 bits per heavy atom. The minimum Gasteiger partial charge on any atom is -0.490 e. The molecule has 1 atom stereocenters. The van der Waals surface area contributed by atoms with Crippen molar-refractivity contribution in [3.05, 3.63) is 35.9 Å². The fourth-order valence-corrected chi connectivity index (χ4v) is 5.52. The summed E-state index contributed by atoms with van der Waals surface area (Å²) >= 11 is 0. The largest absolute Gasteiger partial charge is 0.490 e. The second kappa shape index (κ2) is 9.06. The average molecular weight is 405 g/mol. The lowest BCUT2D eigenvalue weighted by molar-refractivity contribution is 0.124. The highest BCUT2D eigenvalue weighted by atomic mass is 19.2. The summed E-state index contributed by atoms with van der Waals surface area (Å²) < 4.78 is 40.3. The summed E-state index contributed by atoms with van der Waals surface area (Å²) in [6.07, 6.45) is 13.1. The molecule has 4 rings (SSSR count). The van der Waals surface area contributed by atoms with Crippen LogP contribution in [0.15, 0.2) is 18.7 Å². The molecule has 1 unspecified atom stereocenters. The van der Waals surface area contributed by atoms with Crippen LogP contribution in [0.1, 0.15) is 70.3 Å². The Morgan fingerprint density at radius 3 is 2.31 bits per heavy atom. The van der Waals surface area contributed by atoms with Gasteiger partial charge in [0.05, 0.1) is 6.61 Å². The van der Waals surface area contributed by atoms with Gasteiger partial charge in [-0.1, -0.05) is 32.4 Å². The first-order valence-electron chi connectivity index (χ1n) is 11.5. The van der Waals surface area contributed by atoms with Crippen LogP contribution in [0, 0.1) is 35.3 Å². The molecule has 3 aliphatic rings. The number of halogens is 2. The predicted molar refractivity (Wildman–Crippen MR) is 111 cm³/mol. The van der Waals surface area contributed by atoms with Crippen molar-refractivity contribution >= 4 is 0 Å². The zero-order valence-corrected chi connectivity index (χ0v) is 17.6. The third-order valence-electron chi connectivity index (χ3n) is 7.53. The summed E-state index contributed by atoms with van der Waals surface area (Å²) in [6, 6.07) is 1.63. The maximum Gasteiger partial charge on any atom is 0.204 e. The van der Waals surface area contributed by atoms with Gasteiger partial charge in [0.2, 0.25) is 11.6 Å². The van der Waals surface area contributed by atoms with E-state index in [0.717, 1.165) is 37.0 Å².